The van der Waals surface area contributed by atoms with Crippen molar-refractivity contribution in [3.8, 4) is 0 Å². The summed E-state index contributed by atoms with van der Waals surface area (Å²) in [6.07, 6.45) is 17.0. The van der Waals surface area contributed by atoms with E-state index in [-0.39, 0.29) is 11.5 Å². The van der Waals surface area contributed by atoms with Crippen LogP contribution < -0.4 is 0 Å². The highest BCUT2D eigenvalue weighted by Gasteiger charge is 2.50. The molecule has 0 aliphatic heterocycles. The second kappa shape index (κ2) is 9.85. The van der Waals surface area contributed by atoms with Gasteiger partial charge in [-0.2, -0.15) is 0 Å². The minimum absolute atomic E-state index is 0.232. The molecule has 0 heterocycles. The predicted octanol–water partition coefficient (Wildman–Crippen LogP) is 6.95. The molecule has 3 aliphatic rings. The van der Waals surface area contributed by atoms with Gasteiger partial charge in [0.25, 0.3) is 0 Å². The van der Waals surface area contributed by atoms with Gasteiger partial charge in [0.2, 0.25) is 0 Å². The van der Waals surface area contributed by atoms with E-state index in [1.165, 1.54) is 36.8 Å². The smallest absolute Gasteiger partial charge is 0.161 e. The van der Waals surface area contributed by atoms with Crippen LogP contribution in [0.2, 0.25) is 0 Å². The lowest BCUT2D eigenvalue weighted by Gasteiger charge is -2.44. The maximum absolute atomic E-state index is 12.8. The monoisotopic (exact) mass is 474 g/mol. The molecule has 0 saturated heterocycles. The third kappa shape index (κ3) is 5.42. The highest BCUT2D eigenvalue weighted by atomic mass is 32.2. The zero-order chi connectivity index (χ0) is 24.6. The van der Waals surface area contributed by atoms with Crippen LogP contribution in [0.5, 0.6) is 0 Å². The number of aliphatic hydroxyl groups excluding tert-OH is 1. The third-order valence-electron chi connectivity index (χ3n) is 8.89. The molecule has 2 unspecified atom stereocenters. The van der Waals surface area contributed by atoms with Crippen molar-refractivity contribution >= 4 is 9.84 Å². The number of hydrogen-bond donors (Lipinski definition) is 1. The highest BCUT2D eigenvalue weighted by molar-refractivity contribution is 7.93. The van der Waals surface area contributed by atoms with Gasteiger partial charge in [-0.05, 0) is 108 Å². The SMILES string of the molecule is C=C1CC[C@H](O)C/C1=C/C=C1\CCC[C@]2(C)C(C(C)/C=C/[C@H](C)S(=O)(=O)C(C)(C)C)CC[C@@H]12. The van der Waals surface area contributed by atoms with Gasteiger partial charge in [-0.1, -0.05) is 55.9 Å². The summed E-state index contributed by atoms with van der Waals surface area (Å²) in [6, 6.07) is 0. The summed E-state index contributed by atoms with van der Waals surface area (Å²) < 4.78 is 24.8. The topological polar surface area (TPSA) is 54.4 Å². The van der Waals surface area contributed by atoms with Gasteiger partial charge >= 0.3 is 0 Å². The van der Waals surface area contributed by atoms with E-state index in [0.717, 1.165) is 25.7 Å². The van der Waals surface area contributed by atoms with Gasteiger partial charge in [0.1, 0.15) is 0 Å². The summed E-state index contributed by atoms with van der Waals surface area (Å²) >= 11 is 0. The fourth-order valence-electron chi connectivity index (χ4n) is 6.67. The van der Waals surface area contributed by atoms with Crippen LogP contribution in [0, 0.1) is 23.2 Å². The Morgan fingerprint density at radius 2 is 1.79 bits per heavy atom. The van der Waals surface area contributed by atoms with Gasteiger partial charge in [-0.15, -0.1) is 0 Å². The second-order valence-electron chi connectivity index (χ2n) is 12.1. The van der Waals surface area contributed by atoms with Crippen molar-refractivity contribution in [2.75, 3.05) is 0 Å². The minimum Gasteiger partial charge on any atom is -0.393 e. The molecule has 3 aliphatic carbocycles. The van der Waals surface area contributed by atoms with Crippen molar-refractivity contribution in [3.05, 3.63) is 47.6 Å². The molecule has 3 rings (SSSR count). The maximum atomic E-state index is 12.8. The number of fused-ring (bicyclic) bond motifs is 1. The molecule has 3 saturated carbocycles. The Morgan fingerprint density at radius 1 is 1.09 bits per heavy atom. The summed E-state index contributed by atoms with van der Waals surface area (Å²) in [5.74, 6) is 1.54. The predicted molar refractivity (Wildman–Crippen MR) is 140 cm³/mol. The average molecular weight is 475 g/mol. The van der Waals surface area contributed by atoms with Gasteiger partial charge in [0, 0.05) is 0 Å². The van der Waals surface area contributed by atoms with Crippen molar-refractivity contribution < 1.29 is 13.5 Å². The van der Waals surface area contributed by atoms with E-state index in [4.69, 9.17) is 0 Å². The van der Waals surface area contributed by atoms with Gasteiger partial charge < -0.3 is 5.11 Å². The van der Waals surface area contributed by atoms with Crippen LogP contribution in [0.1, 0.15) is 92.9 Å². The van der Waals surface area contributed by atoms with E-state index >= 15 is 0 Å². The lowest BCUT2D eigenvalue weighted by atomic mass is 9.61. The number of rotatable bonds is 5. The fraction of sp³-hybridized carbons (Fsp3) is 0.724. The summed E-state index contributed by atoms with van der Waals surface area (Å²) in [5.41, 5.74) is 4.22. The van der Waals surface area contributed by atoms with E-state index in [2.05, 4.69) is 38.7 Å². The first kappa shape index (κ1) is 26.5. The van der Waals surface area contributed by atoms with Crippen molar-refractivity contribution in [1.82, 2.24) is 0 Å². The number of hydrogen-bond acceptors (Lipinski definition) is 3. The molecule has 1 N–H and O–H groups in total. The van der Waals surface area contributed by atoms with Crippen LogP contribution in [-0.2, 0) is 9.84 Å². The molecule has 0 aromatic carbocycles. The first-order chi connectivity index (χ1) is 15.3. The van der Waals surface area contributed by atoms with Crippen LogP contribution in [0.3, 0.4) is 0 Å². The Morgan fingerprint density at radius 3 is 2.45 bits per heavy atom. The van der Waals surface area contributed by atoms with Gasteiger partial charge in [-0.25, -0.2) is 8.42 Å². The normalized spacial score (nSPS) is 35.8. The highest BCUT2D eigenvalue weighted by Crippen LogP contribution is 2.59. The Kier molecular flexibility index (Phi) is 7.90. The maximum Gasteiger partial charge on any atom is 0.161 e. The molecule has 0 spiro atoms. The molecular weight excluding hydrogens is 428 g/mol. The summed E-state index contributed by atoms with van der Waals surface area (Å²) in [4.78, 5) is 0. The third-order valence-corrected chi connectivity index (χ3v) is 11.7. The first-order valence-electron chi connectivity index (χ1n) is 12.9. The van der Waals surface area contributed by atoms with Crippen molar-refractivity contribution in [2.45, 2.75) is 109 Å². The van der Waals surface area contributed by atoms with Gasteiger partial charge in [0.15, 0.2) is 9.84 Å². The van der Waals surface area contributed by atoms with E-state index in [1.54, 1.807) is 26.3 Å². The molecule has 3 fully saturated rings. The second-order valence-corrected chi connectivity index (χ2v) is 15.2. The standard InChI is InChI=1S/C29H46O3S/c1-20-11-15-25(30)19-24(20)14-13-23-9-8-18-29(7)26(16-17-27(23)29)21(2)10-12-22(3)33(31,32)28(4,5)6/h10,12-14,21-22,25-27,30H,1,8-9,11,15-19H2,2-7H3/b12-10+,23-13+,24-14-/t21?,22-,25-,26?,27-,29+/m0/s1. The quantitative estimate of drug-likeness (QED) is 0.439. The van der Waals surface area contributed by atoms with Gasteiger partial charge in [-0.3, -0.25) is 0 Å². The molecule has 3 nitrogen and oxygen atoms in total. The summed E-state index contributed by atoms with van der Waals surface area (Å²) in [7, 11) is -3.20. The molecule has 0 radical (unpaired) electrons. The Bertz CT molecular complexity index is 930. The van der Waals surface area contributed by atoms with Crippen LogP contribution >= 0.6 is 0 Å². The van der Waals surface area contributed by atoms with E-state index in [9.17, 15) is 13.5 Å². The molecule has 6 atom stereocenters. The first-order valence-corrected chi connectivity index (χ1v) is 14.5. The van der Waals surface area contributed by atoms with Crippen molar-refractivity contribution in [1.29, 1.82) is 0 Å². The summed E-state index contributed by atoms with van der Waals surface area (Å²) in [5, 5.41) is 9.60. The average Bonchev–Trinajstić information content (AvgIpc) is 3.09. The molecule has 33 heavy (non-hydrogen) atoms. The van der Waals surface area contributed by atoms with E-state index < -0.39 is 19.8 Å². The van der Waals surface area contributed by atoms with Crippen LogP contribution in [0.15, 0.2) is 47.6 Å². The minimum atomic E-state index is -3.20. The molecule has 0 bridgehead atoms. The van der Waals surface area contributed by atoms with E-state index in [0.29, 0.717) is 17.8 Å². The largest absolute Gasteiger partial charge is 0.393 e. The fourth-order valence-corrected chi connectivity index (χ4v) is 8.08. The van der Waals surface area contributed by atoms with Crippen molar-refractivity contribution in [3.63, 3.8) is 0 Å². The Labute approximate surface area is 203 Å². The lowest BCUT2D eigenvalue weighted by molar-refractivity contribution is 0.112. The Balaban J connectivity index is 1.76. The number of allylic oxidation sites excluding steroid dienone is 5. The van der Waals surface area contributed by atoms with Crippen LogP contribution in [-0.4, -0.2) is 29.6 Å². The van der Waals surface area contributed by atoms with Crippen LogP contribution in [0.4, 0.5) is 0 Å². The number of aliphatic hydroxyl groups is 1. The zero-order valence-electron chi connectivity index (χ0n) is 21.7. The van der Waals surface area contributed by atoms with Gasteiger partial charge in [0.05, 0.1) is 16.1 Å². The van der Waals surface area contributed by atoms with Crippen LogP contribution in [0.25, 0.3) is 0 Å². The molecule has 0 amide bonds. The molecule has 0 aromatic heterocycles. The molecule has 0 aromatic rings. The number of sulfone groups is 1. The lowest BCUT2D eigenvalue weighted by Crippen LogP contribution is -2.36. The molecular formula is C29H46O3S. The summed E-state index contributed by atoms with van der Waals surface area (Å²) in [6.45, 7) is 16.1. The van der Waals surface area contributed by atoms with Crippen molar-refractivity contribution in [2.24, 2.45) is 23.2 Å². The molecule has 186 valence electrons. The zero-order valence-corrected chi connectivity index (χ0v) is 22.5. The molecule has 4 heteroatoms. The van der Waals surface area contributed by atoms with E-state index in [1.807, 2.05) is 13.0 Å². The Hall–Kier alpha value is -1.13.